The highest BCUT2D eigenvalue weighted by Crippen LogP contribution is 2.25. The van der Waals surface area contributed by atoms with Crippen LogP contribution in [0, 0.1) is 5.92 Å². The van der Waals surface area contributed by atoms with Gasteiger partial charge in [0.1, 0.15) is 0 Å². The molecular formula is C19H24BrN. The molecule has 2 aromatic rings. The second-order valence-electron chi connectivity index (χ2n) is 5.95. The van der Waals surface area contributed by atoms with Crippen molar-refractivity contribution in [2.75, 3.05) is 6.54 Å². The Morgan fingerprint density at radius 3 is 2.19 bits per heavy atom. The Kier molecular flexibility index (Phi) is 6.01. The van der Waals surface area contributed by atoms with Gasteiger partial charge in [0, 0.05) is 17.1 Å². The van der Waals surface area contributed by atoms with Crippen molar-refractivity contribution >= 4 is 15.9 Å². The molecular weight excluding hydrogens is 322 g/mol. The largest absolute Gasteiger partial charge is 0.310 e. The molecule has 21 heavy (non-hydrogen) atoms. The molecule has 0 aliphatic carbocycles. The first-order valence-corrected chi connectivity index (χ1v) is 8.41. The molecule has 0 spiro atoms. The molecule has 2 heteroatoms. The van der Waals surface area contributed by atoms with Crippen LogP contribution >= 0.6 is 15.9 Å². The molecule has 2 atom stereocenters. The summed E-state index contributed by atoms with van der Waals surface area (Å²) in [6, 6.07) is 19.7. The molecule has 0 saturated carbocycles. The van der Waals surface area contributed by atoms with Crippen LogP contribution in [0.4, 0.5) is 0 Å². The van der Waals surface area contributed by atoms with Crippen LogP contribution in [-0.4, -0.2) is 6.54 Å². The third-order valence-corrected chi connectivity index (χ3v) is 4.52. The second kappa shape index (κ2) is 7.77. The molecule has 0 bridgehead atoms. The van der Waals surface area contributed by atoms with E-state index >= 15 is 0 Å². The highest BCUT2D eigenvalue weighted by Gasteiger charge is 2.16. The summed E-state index contributed by atoms with van der Waals surface area (Å²) in [4.78, 5) is 0. The van der Waals surface area contributed by atoms with E-state index in [1.807, 2.05) is 0 Å². The maximum absolute atomic E-state index is 3.69. The van der Waals surface area contributed by atoms with Gasteiger partial charge in [-0.05, 0) is 42.0 Å². The minimum atomic E-state index is 0.354. The normalized spacial score (nSPS) is 14.1. The quantitative estimate of drug-likeness (QED) is 0.724. The summed E-state index contributed by atoms with van der Waals surface area (Å²) in [6.07, 6.45) is 0. The first-order valence-electron chi connectivity index (χ1n) is 7.61. The Labute approximate surface area is 136 Å². The van der Waals surface area contributed by atoms with Crippen LogP contribution in [0.1, 0.15) is 43.9 Å². The second-order valence-corrected chi connectivity index (χ2v) is 6.86. The number of nitrogens with one attached hydrogen (secondary N) is 1. The van der Waals surface area contributed by atoms with Gasteiger partial charge in [0.25, 0.3) is 0 Å². The standard InChI is InChI=1S/C19H24BrN/c1-14(2)19(16-8-5-4-6-9-16)13-21-15(3)17-10-7-11-18(20)12-17/h4-12,14-15,19,21H,13H2,1-3H3. The third-order valence-electron chi connectivity index (χ3n) is 4.03. The lowest BCUT2D eigenvalue weighted by Gasteiger charge is -2.24. The summed E-state index contributed by atoms with van der Waals surface area (Å²) in [5, 5.41) is 3.69. The van der Waals surface area contributed by atoms with Gasteiger partial charge < -0.3 is 5.32 Å². The van der Waals surface area contributed by atoms with E-state index in [-0.39, 0.29) is 0 Å². The van der Waals surface area contributed by atoms with Crippen LogP contribution in [0.2, 0.25) is 0 Å². The van der Waals surface area contributed by atoms with Crippen molar-refractivity contribution in [1.29, 1.82) is 0 Å². The molecule has 0 aromatic heterocycles. The van der Waals surface area contributed by atoms with E-state index in [0.29, 0.717) is 17.9 Å². The van der Waals surface area contributed by atoms with Crippen molar-refractivity contribution in [2.24, 2.45) is 5.92 Å². The van der Waals surface area contributed by atoms with Gasteiger partial charge >= 0.3 is 0 Å². The Bertz CT molecular complexity index is 551. The number of halogens is 1. The molecule has 0 aliphatic rings. The molecule has 0 amide bonds. The fourth-order valence-electron chi connectivity index (χ4n) is 2.64. The van der Waals surface area contributed by atoms with Crippen LogP contribution in [0.3, 0.4) is 0 Å². The molecule has 1 nitrogen and oxygen atoms in total. The van der Waals surface area contributed by atoms with Gasteiger partial charge in [-0.1, -0.05) is 72.2 Å². The summed E-state index contributed by atoms with van der Waals surface area (Å²) >= 11 is 3.54. The number of benzene rings is 2. The van der Waals surface area contributed by atoms with Gasteiger partial charge in [0.2, 0.25) is 0 Å². The zero-order valence-electron chi connectivity index (χ0n) is 13.0. The third kappa shape index (κ3) is 4.69. The van der Waals surface area contributed by atoms with Crippen molar-refractivity contribution in [3.63, 3.8) is 0 Å². The fraction of sp³-hybridized carbons (Fsp3) is 0.368. The predicted molar refractivity (Wildman–Crippen MR) is 94.6 cm³/mol. The summed E-state index contributed by atoms with van der Waals surface area (Å²) in [6.45, 7) is 7.81. The minimum Gasteiger partial charge on any atom is -0.310 e. The van der Waals surface area contributed by atoms with Gasteiger partial charge in [-0.3, -0.25) is 0 Å². The minimum absolute atomic E-state index is 0.354. The van der Waals surface area contributed by atoms with Crippen LogP contribution in [-0.2, 0) is 0 Å². The van der Waals surface area contributed by atoms with Crippen molar-refractivity contribution in [3.05, 3.63) is 70.2 Å². The van der Waals surface area contributed by atoms with Crippen LogP contribution in [0.5, 0.6) is 0 Å². The molecule has 0 saturated heterocycles. The van der Waals surface area contributed by atoms with Crippen molar-refractivity contribution in [1.82, 2.24) is 5.32 Å². The predicted octanol–water partition coefficient (Wildman–Crippen LogP) is 5.54. The molecule has 112 valence electrons. The van der Waals surface area contributed by atoms with E-state index in [4.69, 9.17) is 0 Å². The average Bonchev–Trinajstić information content (AvgIpc) is 2.48. The van der Waals surface area contributed by atoms with Gasteiger partial charge in [0.15, 0.2) is 0 Å². The lowest BCUT2D eigenvalue weighted by atomic mass is 9.88. The summed E-state index contributed by atoms with van der Waals surface area (Å²) in [5.41, 5.74) is 2.74. The lowest BCUT2D eigenvalue weighted by molar-refractivity contribution is 0.436. The molecule has 0 aliphatic heterocycles. The molecule has 0 heterocycles. The maximum atomic E-state index is 3.69. The number of hydrogen-bond acceptors (Lipinski definition) is 1. The highest BCUT2D eigenvalue weighted by atomic mass is 79.9. The van der Waals surface area contributed by atoms with E-state index in [9.17, 15) is 0 Å². The van der Waals surface area contributed by atoms with Gasteiger partial charge in [0.05, 0.1) is 0 Å². The number of rotatable bonds is 6. The summed E-state index contributed by atoms with van der Waals surface area (Å²) in [5.74, 6) is 1.16. The topological polar surface area (TPSA) is 12.0 Å². The summed E-state index contributed by atoms with van der Waals surface area (Å²) in [7, 11) is 0. The molecule has 2 aromatic carbocycles. The Balaban J connectivity index is 2.02. The Morgan fingerprint density at radius 2 is 1.57 bits per heavy atom. The smallest absolute Gasteiger partial charge is 0.0292 e. The average molecular weight is 346 g/mol. The monoisotopic (exact) mass is 345 g/mol. The lowest BCUT2D eigenvalue weighted by Crippen LogP contribution is -2.27. The molecule has 0 radical (unpaired) electrons. The van der Waals surface area contributed by atoms with E-state index in [2.05, 4.69) is 96.6 Å². The highest BCUT2D eigenvalue weighted by molar-refractivity contribution is 9.10. The zero-order chi connectivity index (χ0) is 15.2. The van der Waals surface area contributed by atoms with Crippen LogP contribution < -0.4 is 5.32 Å². The van der Waals surface area contributed by atoms with Crippen LogP contribution in [0.15, 0.2) is 59.1 Å². The van der Waals surface area contributed by atoms with E-state index < -0.39 is 0 Å². The molecule has 2 unspecified atom stereocenters. The van der Waals surface area contributed by atoms with E-state index in [1.165, 1.54) is 11.1 Å². The zero-order valence-corrected chi connectivity index (χ0v) is 14.6. The molecule has 2 rings (SSSR count). The van der Waals surface area contributed by atoms with Crippen molar-refractivity contribution in [2.45, 2.75) is 32.7 Å². The van der Waals surface area contributed by atoms with Gasteiger partial charge in [-0.25, -0.2) is 0 Å². The fourth-order valence-corrected chi connectivity index (χ4v) is 3.05. The Hall–Kier alpha value is -1.12. The maximum Gasteiger partial charge on any atom is 0.0292 e. The van der Waals surface area contributed by atoms with Gasteiger partial charge in [-0.15, -0.1) is 0 Å². The first-order chi connectivity index (χ1) is 10.1. The van der Waals surface area contributed by atoms with E-state index in [1.54, 1.807) is 0 Å². The first kappa shape index (κ1) is 16.3. The molecule has 0 fully saturated rings. The Morgan fingerprint density at radius 1 is 0.905 bits per heavy atom. The van der Waals surface area contributed by atoms with Gasteiger partial charge in [-0.2, -0.15) is 0 Å². The van der Waals surface area contributed by atoms with Crippen LogP contribution in [0.25, 0.3) is 0 Å². The van der Waals surface area contributed by atoms with Crippen molar-refractivity contribution < 1.29 is 0 Å². The number of hydrogen-bond donors (Lipinski definition) is 1. The SMILES string of the molecule is CC(NCC(c1ccccc1)C(C)C)c1cccc(Br)c1. The van der Waals surface area contributed by atoms with Crippen molar-refractivity contribution in [3.8, 4) is 0 Å². The van der Waals surface area contributed by atoms with E-state index in [0.717, 1.165) is 11.0 Å². The summed E-state index contributed by atoms with van der Waals surface area (Å²) < 4.78 is 1.14. The molecule has 1 N–H and O–H groups in total.